The summed E-state index contributed by atoms with van der Waals surface area (Å²) in [4.78, 5) is 41.2. The van der Waals surface area contributed by atoms with Crippen molar-refractivity contribution in [2.75, 3.05) is 11.9 Å². The minimum absolute atomic E-state index is 0.226. The maximum absolute atomic E-state index is 12.5. The van der Waals surface area contributed by atoms with Crippen molar-refractivity contribution in [3.05, 3.63) is 44.7 Å². The van der Waals surface area contributed by atoms with E-state index in [9.17, 15) is 14.4 Å². The lowest BCUT2D eigenvalue weighted by molar-refractivity contribution is -0.114. The van der Waals surface area contributed by atoms with Gasteiger partial charge in [-0.3, -0.25) is 4.79 Å². The smallest absolute Gasteiger partial charge is 0.439 e. The van der Waals surface area contributed by atoms with E-state index >= 15 is 0 Å². The summed E-state index contributed by atoms with van der Waals surface area (Å²) in [7, 11) is 0. The van der Waals surface area contributed by atoms with Gasteiger partial charge in [0.15, 0.2) is 0 Å². The summed E-state index contributed by atoms with van der Waals surface area (Å²) in [5, 5.41) is 3.11. The molecule has 0 unspecified atom stereocenters. The van der Waals surface area contributed by atoms with Crippen molar-refractivity contribution in [1.29, 1.82) is 0 Å². The molecule has 0 saturated heterocycles. The molecule has 1 aliphatic rings. The van der Waals surface area contributed by atoms with Crippen LogP contribution in [0.5, 0.6) is 5.75 Å². The van der Waals surface area contributed by atoms with E-state index in [0.717, 1.165) is 16.5 Å². The summed E-state index contributed by atoms with van der Waals surface area (Å²) in [6.07, 6.45) is 1.20. The molecule has 1 heterocycles. The molecule has 7 nitrogen and oxygen atoms in total. The number of nitrogens with zero attached hydrogens (tertiary/aromatic N) is 1. The van der Waals surface area contributed by atoms with E-state index in [2.05, 4.69) is 26.2 Å². The molecule has 0 atom stereocenters. The zero-order valence-electron chi connectivity index (χ0n) is 15.9. The highest BCUT2D eigenvalue weighted by molar-refractivity contribution is 9.10. The maximum Gasteiger partial charge on any atom is 0.439 e. The van der Waals surface area contributed by atoms with Gasteiger partial charge in [-0.05, 0) is 56.0 Å². The van der Waals surface area contributed by atoms with Crippen molar-refractivity contribution in [1.82, 2.24) is 0 Å². The van der Waals surface area contributed by atoms with Gasteiger partial charge in [0.1, 0.15) is 10.8 Å². The first-order valence-corrected chi connectivity index (χ1v) is 10.7. The summed E-state index contributed by atoms with van der Waals surface area (Å²) < 4.78 is 11.3. The summed E-state index contributed by atoms with van der Waals surface area (Å²) in [6, 6.07) is 6.85. The van der Waals surface area contributed by atoms with E-state index in [4.69, 9.17) is 9.47 Å². The number of carbonyl (C=O) groups is 3. The summed E-state index contributed by atoms with van der Waals surface area (Å²) in [6.45, 7) is 3.32. The number of carbonyl (C=O) groups excluding carboxylic acids is 3. The molecule has 0 fully saturated rings. The van der Waals surface area contributed by atoms with E-state index in [1.165, 1.54) is 18.3 Å². The normalized spacial score (nSPS) is 14.2. The van der Waals surface area contributed by atoms with E-state index < -0.39 is 12.1 Å². The molecule has 152 valence electrons. The van der Waals surface area contributed by atoms with Gasteiger partial charge in [-0.1, -0.05) is 15.9 Å². The molecule has 1 aromatic heterocycles. The van der Waals surface area contributed by atoms with Crippen LogP contribution in [0.2, 0.25) is 0 Å². The third-order valence-corrected chi connectivity index (χ3v) is 5.85. The predicted octanol–water partition coefficient (Wildman–Crippen LogP) is 4.97. The third-order valence-electron chi connectivity index (χ3n) is 4.12. The molecule has 0 saturated carbocycles. The van der Waals surface area contributed by atoms with E-state index in [1.54, 1.807) is 31.2 Å². The third kappa shape index (κ3) is 5.10. The van der Waals surface area contributed by atoms with Gasteiger partial charge in [0, 0.05) is 11.4 Å². The first-order valence-electron chi connectivity index (χ1n) is 9.04. The van der Waals surface area contributed by atoms with Gasteiger partial charge >= 0.3 is 12.1 Å². The molecule has 2 aromatic rings. The number of ether oxygens (including phenoxy) is 2. The van der Waals surface area contributed by atoms with Crippen LogP contribution in [0, 0.1) is 0 Å². The second-order valence-corrected chi connectivity index (χ2v) is 8.19. The molecular weight excluding hydrogens is 460 g/mol. The maximum atomic E-state index is 12.5. The van der Waals surface area contributed by atoms with Crippen LogP contribution in [0.15, 0.2) is 33.7 Å². The summed E-state index contributed by atoms with van der Waals surface area (Å²) in [5.74, 6) is -0.398. The molecule has 0 bridgehead atoms. The standard InChI is InChI=1S/C20H19BrN2O5S/c1-3-27-19(25)16-14-5-4-6-15(17(14)29-18(16)22-11(2)24)23-20(26)28-13-9-7-12(21)8-10-13/h7-10H,3-6H2,1-2H3,(H,22,24)/b23-15-. The SMILES string of the molecule is CCOC(=O)c1c(NC(C)=O)sc2c1CCC/C2=N/C(=O)Oc1ccc(Br)cc1. The monoisotopic (exact) mass is 478 g/mol. The number of amides is 2. The first kappa shape index (κ1) is 21.2. The van der Waals surface area contributed by atoms with E-state index in [1.807, 2.05) is 0 Å². The summed E-state index contributed by atoms with van der Waals surface area (Å²) >= 11 is 4.55. The highest BCUT2D eigenvalue weighted by Crippen LogP contribution is 2.39. The molecule has 1 aliphatic carbocycles. The Labute approximate surface area is 180 Å². The van der Waals surface area contributed by atoms with E-state index in [0.29, 0.717) is 39.7 Å². The van der Waals surface area contributed by atoms with Gasteiger partial charge in [0.05, 0.1) is 22.8 Å². The van der Waals surface area contributed by atoms with Crippen LogP contribution in [-0.4, -0.2) is 30.3 Å². The molecule has 3 rings (SSSR count). The molecule has 2 amide bonds. The molecule has 0 spiro atoms. The first-order chi connectivity index (χ1) is 13.9. The topological polar surface area (TPSA) is 94.1 Å². The fraction of sp³-hybridized carbons (Fsp3) is 0.300. The number of esters is 1. The minimum Gasteiger partial charge on any atom is -0.462 e. The number of aliphatic imine (C=N–C) groups is 1. The molecule has 0 radical (unpaired) electrons. The van der Waals surface area contributed by atoms with Crippen molar-refractivity contribution in [2.24, 2.45) is 4.99 Å². The Balaban J connectivity index is 1.93. The Morgan fingerprint density at radius 1 is 1.21 bits per heavy atom. The van der Waals surface area contributed by atoms with Crippen LogP contribution >= 0.6 is 27.3 Å². The summed E-state index contributed by atoms with van der Waals surface area (Å²) in [5.41, 5.74) is 1.63. The fourth-order valence-electron chi connectivity index (χ4n) is 2.99. The second-order valence-electron chi connectivity index (χ2n) is 6.25. The van der Waals surface area contributed by atoms with Crippen LogP contribution in [0.3, 0.4) is 0 Å². The van der Waals surface area contributed by atoms with Crippen LogP contribution in [0.4, 0.5) is 9.80 Å². The number of hydrogen-bond donors (Lipinski definition) is 1. The zero-order valence-corrected chi connectivity index (χ0v) is 18.3. The lowest BCUT2D eigenvalue weighted by Gasteiger charge is -2.14. The predicted molar refractivity (Wildman–Crippen MR) is 114 cm³/mol. The lowest BCUT2D eigenvalue weighted by atomic mass is 9.94. The molecule has 1 aromatic carbocycles. The van der Waals surface area contributed by atoms with Crippen LogP contribution in [-0.2, 0) is 16.0 Å². The zero-order chi connectivity index (χ0) is 21.0. The van der Waals surface area contributed by atoms with Gasteiger partial charge in [-0.15, -0.1) is 11.3 Å². The average molecular weight is 479 g/mol. The van der Waals surface area contributed by atoms with Crippen LogP contribution in [0.25, 0.3) is 0 Å². The fourth-order valence-corrected chi connectivity index (χ4v) is 4.56. The van der Waals surface area contributed by atoms with Gasteiger partial charge in [-0.25, -0.2) is 9.59 Å². The largest absolute Gasteiger partial charge is 0.462 e. The van der Waals surface area contributed by atoms with Crippen molar-refractivity contribution in [3.63, 3.8) is 0 Å². The Bertz CT molecular complexity index is 982. The number of fused-ring (bicyclic) bond motifs is 1. The van der Waals surface area contributed by atoms with Crippen molar-refractivity contribution in [3.8, 4) is 5.75 Å². The molecule has 1 N–H and O–H groups in total. The minimum atomic E-state index is -0.734. The van der Waals surface area contributed by atoms with Gasteiger partial charge in [-0.2, -0.15) is 4.99 Å². The van der Waals surface area contributed by atoms with Crippen LogP contribution < -0.4 is 10.1 Å². The molecule has 29 heavy (non-hydrogen) atoms. The number of anilines is 1. The van der Waals surface area contributed by atoms with Gasteiger partial charge < -0.3 is 14.8 Å². The van der Waals surface area contributed by atoms with Crippen molar-refractivity contribution >= 4 is 55.9 Å². The Morgan fingerprint density at radius 3 is 2.59 bits per heavy atom. The Hall–Kier alpha value is -2.52. The average Bonchev–Trinajstić information content (AvgIpc) is 3.02. The number of benzene rings is 1. The van der Waals surface area contributed by atoms with E-state index in [-0.39, 0.29) is 12.5 Å². The van der Waals surface area contributed by atoms with Crippen molar-refractivity contribution < 1.29 is 23.9 Å². The lowest BCUT2D eigenvalue weighted by Crippen LogP contribution is -2.16. The van der Waals surface area contributed by atoms with Gasteiger partial charge in [0.25, 0.3) is 0 Å². The molecule has 0 aliphatic heterocycles. The van der Waals surface area contributed by atoms with Gasteiger partial charge in [0.2, 0.25) is 5.91 Å². The highest BCUT2D eigenvalue weighted by atomic mass is 79.9. The van der Waals surface area contributed by atoms with Crippen molar-refractivity contribution in [2.45, 2.75) is 33.1 Å². The quantitative estimate of drug-likeness (QED) is 0.625. The molecule has 9 heteroatoms. The van der Waals surface area contributed by atoms with Crippen LogP contribution in [0.1, 0.15) is 47.5 Å². The number of rotatable bonds is 4. The molecular formula is C20H19BrN2O5S. The Morgan fingerprint density at radius 2 is 1.93 bits per heavy atom. The number of nitrogens with one attached hydrogen (secondary N) is 1. The number of halogens is 1. The highest BCUT2D eigenvalue weighted by Gasteiger charge is 2.30. The second kappa shape index (κ2) is 9.32. The Kier molecular flexibility index (Phi) is 6.81. The number of thiophene rings is 1. The number of hydrogen-bond acceptors (Lipinski definition) is 6.